The van der Waals surface area contributed by atoms with E-state index in [4.69, 9.17) is 0 Å². The monoisotopic (exact) mass is 342 g/mol. The summed E-state index contributed by atoms with van der Waals surface area (Å²) in [4.78, 5) is 27.1. The van der Waals surface area contributed by atoms with Crippen LogP contribution in [0.2, 0.25) is 0 Å². The lowest BCUT2D eigenvalue weighted by molar-refractivity contribution is 0.0716. The van der Waals surface area contributed by atoms with Crippen molar-refractivity contribution in [3.63, 3.8) is 0 Å². The van der Waals surface area contributed by atoms with Crippen LogP contribution >= 0.6 is 11.3 Å². The number of carbonyl (C=O) groups excluding carboxylic acids is 1. The zero-order valence-electron chi connectivity index (χ0n) is 14.1. The van der Waals surface area contributed by atoms with Gasteiger partial charge in [0.15, 0.2) is 0 Å². The topological polar surface area (TPSA) is 49.3 Å². The van der Waals surface area contributed by atoms with Gasteiger partial charge in [-0.1, -0.05) is 0 Å². The van der Waals surface area contributed by atoms with E-state index in [2.05, 4.69) is 25.1 Å². The lowest BCUT2D eigenvalue weighted by Gasteiger charge is -2.38. The number of piperidine rings is 1. The van der Waals surface area contributed by atoms with E-state index in [-0.39, 0.29) is 11.9 Å². The molecule has 0 bridgehead atoms. The zero-order chi connectivity index (χ0) is 16.7. The molecule has 2 aromatic rings. The van der Waals surface area contributed by atoms with Gasteiger partial charge in [0.2, 0.25) is 5.95 Å². The summed E-state index contributed by atoms with van der Waals surface area (Å²) in [5, 5.41) is 2.05. The van der Waals surface area contributed by atoms with Gasteiger partial charge in [-0.15, -0.1) is 11.3 Å². The molecule has 0 aliphatic carbocycles. The highest BCUT2D eigenvalue weighted by Gasteiger charge is 2.41. The van der Waals surface area contributed by atoms with Crippen molar-refractivity contribution in [2.24, 2.45) is 5.92 Å². The molecule has 2 aliphatic heterocycles. The number of fused-ring (bicyclic) bond motifs is 1. The molecule has 0 aromatic carbocycles. The molecule has 2 saturated heterocycles. The number of hydrogen-bond donors (Lipinski definition) is 0. The quantitative estimate of drug-likeness (QED) is 0.842. The fourth-order valence-corrected chi connectivity index (χ4v) is 4.70. The van der Waals surface area contributed by atoms with Gasteiger partial charge in [0.25, 0.3) is 5.91 Å². The number of nitrogens with zero attached hydrogens (tertiary/aromatic N) is 4. The molecular weight excluding hydrogens is 320 g/mol. The smallest absolute Gasteiger partial charge is 0.264 e. The number of rotatable bonds is 2. The van der Waals surface area contributed by atoms with Gasteiger partial charge in [-0.2, -0.15) is 0 Å². The molecular formula is C18H22N4OS. The first-order valence-electron chi connectivity index (χ1n) is 8.52. The molecule has 2 atom stereocenters. The highest BCUT2D eigenvalue weighted by atomic mass is 32.1. The van der Waals surface area contributed by atoms with Crippen LogP contribution < -0.4 is 4.90 Å². The molecule has 5 nitrogen and oxygen atoms in total. The maximum Gasteiger partial charge on any atom is 0.264 e. The maximum atomic E-state index is 12.9. The first-order valence-corrected chi connectivity index (χ1v) is 9.40. The van der Waals surface area contributed by atoms with Crippen molar-refractivity contribution in [3.8, 4) is 0 Å². The van der Waals surface area contributed by atoms with Crippen LogP contribution in [0.15, 0.2) is 23.7 Å². The molecule has 2 aliphatic rings. The summed E-state index contributed by atoms with van der Waals surface area (Å²) < 4.78 is 0. The first-order chi connectivity index (χ1) is 11.6. The van der Waals surface area contributed by atoms with Gasteiger partial charge < -0.3 is 9.80 Å². The predicted octanol–water partition coefficient (Wildman–Crippen LogP) is 2.90. The summed E-state index contributed by atoms with van der Waals surface area (Å²) in [6, 6.07) is 4.20. The lowest BCUT2D eigenvalue weighted by atomic mass is 9.92. The molecule has 2 unspecified atom stereocenters. The van der Waals surface area contributed by atoms with E-state index in [1.165, 1.54) is 0 Å². The Balaban J connectivity index is 1.54. The summed E-state index contributed by atoms with van der Waals surface area (Å²) >= 11 is 1.55. The molecule has 0 radical (unpaired) electrons. The highest BCUT2D eigenvalue weighted by molar-refractivity contribution is 7.12. The maximum absolute atomic E-state index is 12.9. The number of anilines is 1. The molecule has 126 valence electrons. The molecule has 1 amide bonds. The first kappa shape index (κ1) is 15.6. The average Bonchev–Trinajstić information content (AvgIpc) is 3.20. The van der Waals surface area contributed by atoms with E-state index in [1.807, 2.05) is 32.2 Å². The number of amides is 1. The molecule has 24 heavy (non-hydrogen) atoms. The summed E-state index contributed by atoms with van der Waals surface area (Å²) in [5.41, 5.74) is 2.15. The largest absolute Gasteiger partial charge is 0.339 e. The number of thiophene rings is 1. The Kier molecular flexibility index (Phi) is 4.00. The van der Waals surface area contributed by atoms with Crippen molar-refractivity contribution in [2.75, 3.05) is 24.5 Å². The second-order valence-corrected chi connectivity index (χ2v) is 7.75. The van der Waals surface area contributed by atoms with Crippen LogP contribution in [0.25, 0.3) is 0 Å². The zero-order valence-corrected chi connectivity index (χ0v) is 14.9. The van der Waals surface area contributed by atoms with Crippen molar-refractivity contribution >= 4 is 23.2 Å². The van der Waals surface area contributed by atoms with Gasteiger partial charge in [0.05, 0.1) is 10.9 Å². The Bertz CT molecular complexity index is 759. The van der Waals surface area contributed by atoms with Crippen molar-refractivity contribution in [3.05, 3.63) is 39.8 Å². The summed E-state index contributed by atoms with van der Waals surface area (Å²) in [6.45, 7) is 6.71. The second-order valence-electron chi connectivity index (χ2n) is 6.84. The highest BCUT2D eigenvalue weighted by Crippen LogP contribution is 2.34. The lowest BCUT2D eigenvalue weighted by Crippen LogP contribution is -2.50. The summed E-state index contributed by atoms with van der Waals surface area (Å²) in [7, 11) is 0. The molecule has 4 rings (SSSR count). The third-order valence-electron chi connectivity index (χ3n) is 5.13. The Morgan fingerprint density at radius 1 is 1.29 bits per heavy atom. The Labute approximate surface area is 146 Å². The number of hydrogen-bond acceptors (Lipinski definition) is 5. The van der Waals surface area contributed by atoms with Gasteiger partial charge in [0, 0.05) is 31.5 Å². The van der Waals surface area contributed by atoms with Crippen LogP contribution in [0.4, 0.5) is 5.95 Å². The standard InChI is InChI=1S/C18H22N4OS/c1-12-9-16(24-11-12)17(23)22-8-5-14-4-7-21(10-15(14)22)18-19-6-3-13(2)20-18/h3,6,9,11,14-15H,4-5,7-8,10H2,1-2H3. The van der Waals surface area contributed by atoms with Crippen molar-refractivity contribution < 1.29 is 4.79 Å². The third-order valence-corrected chi connectivity index (χ3v) is 6.17. The van der Waals surface area contributed by atoms with E-state index in [9.17, 15) is 4.79 Å². The van der Waals surface area contributed by atoms with Gasteiger partial charge in [-0.05, 0) is 55.7 Å². The normalized spacial score (nSPS) is 23.4. The van der Waals surface area contributed by atoms with E-state index >= 15 is 0 Å². The third kappa shape index (κ3) is 2.79. The minimum atomic E-state index is 0.188. The van der Waals surface area contributed by atoms with E-state index < -0.39 is 0 Å². The van der Waals surface area contributed by atoms with Crippen molar-refractivity contribution in [1.82, 2.24) is 14.9 Å². The molecule has 0 spiro atoms. The van der Waals surface area contributed by atoms with Crippen molar-refractivity contribution in [2.45, 2.75) is 32.7 Å². The second kappa shape index (κ2) is 6.16. The van der Waals surface area contributed by atoms with Crippen LogP contribution in [0.5, 0.6) is 0 Å². The molecule has 0 N–H and O–H groups in total. The van der Waals surface area contributed by atoms with Crippen LogP contribution in [0.1, 0.15) is 33.8 Å². The summed E-state index contributed by atoms with van der Waals surface area (Å²) in [5.74, 6) is 1.59. The molecule has 2 fully saturated rings. The number of aryl methyl sites for hydroxylation is 2. The van der Waals surface area contributed by atoms with Gasteiger partial charge in [0.1, 0.15) is 0 Å². The van der Waals surface area contributed by atoms with Crippen LogP contribution in [-0.4, -0.2) is 46.5 Å². The molecule has 0 saturated carbocycles. The fraction of sp³-hybridized carbons (Fsp3) is 0.500. The molecule has 2 aromatic heterocycles. The van der Waals surface area contributed by atoms with Gasteiger partial charge in [-0.3, -0.25) is 4.79 Å². The van der Waals surface area contributed by atoms with Crippen molar-refractivity contribution in [1.29, 1.82) is 0 Å². The minimum absolute atomic E-state index is 0.188. The molecule has 4 heterocycles. The number of likely N-dealkylation sites (tertiary alicyclic amines) is 1. The van der Waals surface area contributed by atoms with Crippen LogP contribution in [-0.2, 0) is 0 Å². The van der Waals surface area contributed by atoms with Crippen LogP contribution in [0, 0.1) is 19.8 Å². The SMILES string of the molecule is Cc1csc(C(=O)N2CCC3CCN(c4nccc(C)n4)CC32)c1. The van der Waals surface area contributed by atoms with Gasteiger partial charge >= 0.3 is 0 Å². The molecule has 6 heteroatoms. The van der Waals surface area contributed by atoms with Gasteiger partial charge in [-0.25, -0.2) is 9.97 Å². The summed E-state index contributed by atoms with van der Waals surface area (Å²) in [6.07, 6.45) is 4.04. The Morgan fingerprint density at radius 2 is 2.12 bits per heavy atom. The van der Waals surface area contributed by atoms with E-state index in [0.29, 0.717) is 5.92 Å². The van der Waals surface area contributed by atoms with E-state index in [0.717, 1.165) is 54.6 Å². The van der Waals surface area contributed by atoms with E-state index in [1.54, 1.807) is 11.3 Å². The Morgan fingerprint density at radius 3 is 2.88 bits per heavy atom. The van der Waals surface area contributed by atoms with Crippen LogP contribution in [0.3, 0.4) is 0 Å². The average molecular weight is 342 g/mol. The number of carbonyl (C=O) groups is 1. The Hall–Kier alpha value is -1.95. The fourth-order valence-electron chi connectivity index (χ4n) is 3.85. The minimum Gasteiger partial charge on any atom is -0.339 e. The predicted molar refractivity (Wildman–Crippen MR) is 95.6 cm³/mol. The number of aromatic nitrogens is 2.